The Labute approximate surface area is 111 Å². The highest BCUT2D eigenvalue weighted by Gasteiger charge is 2.09. The van der Waals surface area contributed by atoms with E-state index < -0.39 is 0 Å². The van der Waals surface area contributed by atoms with Gasteiger partial charge in [0.2, 0.25) is 0 Å². The normalized spacial score (nSPS) is 13.4. The zero-order chi connectivity index (χ0) is 13.5. The summed E-state index contributed by atoms with van der Waals surface area (Å²) < 4.78 is 5.26. The maximum atomic E-state index is 9.00. The topological polar surface area (TPSA) is 88.1 Å². The Kier molecular flexibility index (Phi) is 5.80. The molecule has 0 saturated carbocycles. The summed E-state index contributed by atoms with van der Waals surface area (Å²) in [5.74, 6) is 1.51. The first kappa shape index (κ1) is 14.7. The average molecular weight is 270 g/mol. The van der Waals surface area contributed by atoms with E-state index in [0.717, 1.165) is 11.3 Å². The molecule has 0 saturated heterocycles. The van der Waals surface area contributed by atoms with Crippen LogP contribution in [0.4, 0.5) is 0 Å². The van der Waals surface area contributed by atoms with Gasteiger partial charge >= 0.3 is 0 Å². The Balaban J connectivity index is 2.92. The van der Waals surface area contributed by atoms with Gasteiger partial charge in [0.15, 0.2) is 5.84 Å². The standard InChI is InChI=1S/C12H18N2O3S/c1-8(6-15)18-7-10-5-9(12(13)14-16)3-4-11(10)17-2/h3-5,8,15-16H,6-7H2,1-2H3,(H2,13,14). The summed E-state index contributed by atoms with van der Waals surface area (Å²) in [5, 5.41) is 20.8. The SMILES string of the molecule is COc1ccc(/C(N)=N/O)cc1CSC(C)CO. The van der Waals surface area contributed by atoms with Crippen molar-refractivity contribution in [2.24, 2.45) is 10.9 Å². The molecular formula is C12H18N2O3S. The van der Waals surface area contributed by atoms with Crippen LogP contribution in [0.2, 0.25) is 0 Å². The minimum absolute atomic E-state index is 0.0686. The number of aliphatic hydroxyl groups is 1. The molecule has 0 aliphatic rings. The molecule has 4 N–H and O–H groups in total. The fourth-order valence-electron chi connectivity index (χ4n) is 1.39. The van der Waals surface area contributed by atoms with Crippen molar-refractivity contribution >= 4 is 17.6 Å². The number of aliphatic hydroxyl groups excluding tert-OH is 1. The van der Waals surface area contributed by atoms with E-state index in [2.05, 4.69) is 5.16 Å². The summed E-state index contributed by atoms with van der Waals surface area (Å²) in [4.78, 5) is 0. The zero-order valence-corrected chi connectivity index (χ0v) is 11.3. The molecule has 1 aromatic carbocycles. The van der Waals surface area contributed by atoms with Crippen LogP contribution in [0.25, 0.3) is 0 Å². The molecule has 1 unspecified atom stereocenters. The maximum absolute atomic E-state index is 9.00. The number of methoxy groups -OCH3 is 1. The van der Waals surface area contributed by atoms with Crippen molar-refractivity contribution in [1.29, 1.82) is 0 Å². The number of hydrogen-bond acceptors (Lipinski definition) is 5. The predicted molar refractivity (Wildman–Crippen MR) is 73.3 cm³/mol. The molecule has 0 aromatic heterocycles. The third-order valence-electron chi connectivity index (χ3n) is 2.46. The lowest BCUT2D eigenvalue weighted by atomic mass is 10.1. The Hall–Kier alpha value is -1.40. The first-order valence-corrected chi connectivity index (χ1v) is 6.54. The van der Waals surface area contributed by atoms with Crippen LogP contribution in [0.5, 0.6) is 5.75 Å². The van der Waals surface area contributed by atoms with E-state index >= 15 is 0 Å². The van der Waals surface area contributed by atoms with Gasteiger partial charge in [0.1, 0.15) is 5.75 Å². The smallest absolute Gasteiger partial charge is 0.170 e. The lowest BCUT2D eigenvalue weighted by Crippen LogP contribution is -2.13. The number of hydrogen-bond donors (Lipinski definition) is 3. The number of amidine groups is 1. The number of ether oxygens (including phenoxy) is 1. The zero-order valence-electron chi connectivity index (χ0n) is 10.5. The minimum Gasteiger partial charge on any atom is -0.496 e. The number of thioether (sulfide) groups is 1. The molecule has 0 spiro atoms. The van der Waals surface area contributed by atoms with Crippen molar-refractivity contribution < 1.29 is 15.1 Å². The number of rotatable bonds is 6. The molecule has 5 nitrogen and oxygen atoms in total. The molecule has 18 heavy (non-hydrogen) atoms. The summed E-state index contributed by atoms with van der Waals surface area (Å²) in [6, 6.07) is 5.34. The van der Waals surface area contributed by atoms with Crippen LogP contribution in [0.3, 0.4) is 0 Å². The van der Waals surface area contributed by atoms with Crippen LogP contribution in [0.1, 0.15) is 18.1 Å². The van der Waals surface area contributed by atoms with Gasteiger partial charge in [-0.3, -0.25) is 0 Å². The molecule has 0 radical (unpaired) electrons. The van der Waals surface area contributed by atoms with E-state index in [4.69, 9.17) is 20.8 Å². The highest BCUT2D eigenvalue weighted by molar-refractivity contribution is 7.99. The first-order valence-electron chi connectivity index (χ1n) is 5.49. The summed E-state index contributed by atoms with van der Waals surface area (Å²) >= 11 is 1.61. The fraction of sp³-hybridized carbons (Fsp3) is 0.417. The van der Waals surface area contributed by atoms with E-state index in [0.29, 0.717) is 11.3 Å². The van der Waals surface area contributed by atoms with Crippen LogP contribution < -0.4 is 10.5 Å². The minimum atomic E-state index is 0.0686. The van der Waals surface area contributed by atoms with Gasteiger partial charge in [-0.1, -0.05) is 12.1 Å². The van der Waals surface area contributed by atoms with Gasteiger partial charge in [0.05, 0.1) is 13.7 Å². The van der Waals surface area contributed by atoms with Crippen LogP contribution in [-0.4, -0.2) is 35.1 Å². The van der Waals surface area contributed by atoms with E-state index in [1.165, 1.54) is 0 Å². The summed E-state index contributed by atoms with van der Waals surface area (Å²) in [6.45, 7) is 2.08. The Bertz CT molecular complexity index is 424. The van der Waals surface area contributed by atoms with E-state index in [1.807, 2.05) is 13.0 Å². The third-order valence-corrected chi connectivity index (χ3v) is 3.66. The maximum Gasteiger partial charge on any atom is 0.170 e. The van der Waals surface area contributed by atoms with Crippen molar-refractivity contribution in [3.8, 4) is 5.75 Å². The van der Waals surface area contributed by atoms with Crippen LogP contribution in [-0.2, 0) is 5.75 Å². The summed E-state index contributed by atoms with van der Waals surface area (Å²) in [7, 11) is 1.60. The molecule has 1 rings (SSSR count). The van der Waals surface area contributed by atoms with Crippen LogP contribution in [0, 0.1) is 0 Å². The second-order valence-corrected chi connectivity index (χ2v) is 5.24. The number of nitrogens with two attached hydrogens (primary N) is 1. The van der Waals surface area contributed by atoms with E-state index in [-0.39, 0.29) is 17.7 Å². The van der Waals surface area contributed by atoms with Crippen LogP contribution >= 0.6 is 11.8 Å². The highest BCUT2D eigenvalue weighted by Crippen LogP contribution is 2.26. The summed E-state index contributed by atoms with van der Waals surface area (Å²) in [6.07, 6.45) is 0. The second-order valence-electron chi connectivity index (χ2n) is 3.82. The van der Waals surface area contributed by atoms with Crippen molar-refractivity contribution in [2.75, 3.05) is 13.7 Å². The molecule has 1 atom stereocenters. The molecule has 0 heterocycles. The Morgan fingerprint density at radius 2 is 2.28 bits per heavy atom. The van der Waals surface area contributed by atoms with E-state index in [1.54, 1.807) is 31.0 Å². The van der Waals surface area contributed by atoms with Crippen molar-refractivity contribution in [1.82, 2.24) is 0 Å². The quantitative estimate of drug-likeness (QED) is 0.315. The molecule has 0 bridgehead atoms. The van der Waals surface area contributed by atoms with Crippen molar-refractivity contribution in [3.05, 3.63) is 29.3 Å². The average Bonchev–Trinajstić information content (AvgIpc) is 2.43. The van der Waals surface area contributed by atoms with Gasteiger partial charge in [-0.2, -0.15) is 11.8 Å². The Morgan fingerprint density at radius 1 is 1.56 bits per heavy atom. The lowest BCUT2D eigenvalue weighted by Gasteiger charge is -2.12. The molecule has 1 aromatic rings. The Morgan fingerprint density at radius 3 is 2.83 bits per heavy atom. The number of nitrogens with zero attached hydrogens (tertiary/aromatic N) is 1. The van der Waals surface area contributed by atoms with Gasteiger partial charge in [0.25, 0.3) is 0 Å². The molecular weight excluding hydrogens is 252 g/mol. The van der Waals surface area contributed by atoms with Crippen molar-refractivity contribution in [3.63, 3.8) is 0 Å². The van der Waals surface area contributed by atoms with Crippen LogP contribution in [0.15, 0.2) is 23.4 Å². The predicted octanol–water partition coefficient (Wildman–Crippen LogP) is 1.40. The van der Waals surface area contributed by atoms with E-state index in [9.17, 15) is 0 Å². The van der Waals surface area contributed by atoms with Gasteiger partial charge in [-0.25, -0.2) is 0 Å². The molecule has 0 aliphatic carbocycles. The number of oxime groups is 1. The third kappa shape index (κ3) is 3.82. The fourth-order valence-corrected chi connectivity index (χ4v) is 2.19. The lowest BCUT2D eigenvalue weighted by molar-refractivity contribution is 0.300. The summed E-state index contributed by atoms with van der Waals surface area (Å²) in [5.41, 5.74) is 7.14. The monoisotopic (exact) mass is 270 g/mol. The first-order chi connectivity index (χ1) is 8.62. The molecule has 0 fully saturated rings. The second kappa shape index (κ2) is 7.13. The van der Waals surface area contributed by atoms with Gasteiger partial charge in [-0.15, -0.1) is 0 Å². The molecule has 6 heteroatoms. The molecule has 0 aliphatic heterocycles. The van der Waals surface area contributed by atoms with Gasteiger partial charge in [0, 0.05) is 22.1 Å². The number of benzene rings is 1. The molecule has 100 valence electrons. The largest absolute Gasteiger partial charge is 0.496 e. The van der Waals surface area contributed by atoms with Crippen molar-refractivity contribution in [2.45, 2.75) is 17.9 Å². The molecule has 0 amide bonds. The van der Waals surface area contributed by atoms with Gasteiger partial charge in [-0.05, 0) is 18.2 Å². The van der Waals surface area contributed by atoms with Gasteiger partial charge < -0.3 is 20.8 Å². The highest BCUT2D eigenvalue weighted by atomic mass is 32.2.